The highest BCUT2D eigenvalue weighted by molar-refractivity contribution is 6.30. The molecule has 0 aliphatic carbocycles. The number of halogens is 2. The van der Waals surface area contributed by atoms with Gasteiger partial charge in [0.2, 0.25) is 0 Å². The van der Waals surface area contributed by atoms with Gasteiger partial charge in [0.25, 0.3) is 5.91 Å². The van der Waals surface area contributed by atoms with Crippen LogP contribution >= 0.6 is 11.6 Å². The SMILES string of the molecule is CCc1ccc2nc(Cl)c(CN(Cc3ccc(OC)c(OC)c3)C(=O)c3ccc(F)cc3)cc2c1. The molecule has 35 heavy (non-hydrogen) atoms. The number of hydrogen-bond acceptors (Lipinski definition) is 4. The number of pyridine rings is 1. The largest absolute Gasteiger partial charge is 0.493 e. The summed E-state index contributed by atoms with van der Waals surface area (Å²) in [6.45, 7) is 2.60. The molecule has 1 aromatic heterocycles. The Labute approximate surface area is 209 Å². The molecule has 1 amide bonds. The van der Waals surface area contributed by atoms with Gasteiger partial charge in [-0.05, 0) is 72.1 Å². The molecular weight excluding hydrogens is 467 g/mol. The highest BCUT2D eigenvalue weighted by Crippen LogP contribution is 2.29. The van der Waals surface area contributed by atoms with E-state index in [9.17, 15) is 9.18 Å². The smallest absolute Gasteiger partial charge is 0.254 e. The quantitative estimate of drug-likeness (QED) is 0.265. The topological polar surface area (TPSA) is 51.7 Å². The zero-order valence-corrected chi connectivity index (χ0v) is 20.6. The van der Waals surface area contributed by atoms with Gasteiger partial charge in [0.1, 0.15) is 11.0 Å². The van der Waals surface area contributed by atoms with Gasteiger partial charge in [-0.2, -0.15) is 0 Å². The number of aromatic nitrogens is 1. The third-order valence-electron chi connectivity index (χ3n) is 5.87. The van der Waals surface area contributed by atoms with Gasteiger partial charge in [0.05, 0.1) is 19.7 Å². The number of hydrogen-bond donors (Lipinski definition) is 0. The van der Waals surface area contributed by atoms with Gasteiger partial charge in [0, 0.05) is 29.6 Å². The maximum Gasteiger partial charge on any atom is 0.254 e. The Balaban J connectivity index is 1.72. The summed E-state index contributed by atoms with van der Waals surface area (Å²) in [5, 5.41) is 1.30. The summed E-state index contributed by atoms with van der Waals surface area (Å²) < 4.78 is 24.2. The molecule has 0 N–H and O–H groups in total. The van der Waals surface area contributed by atoms with Crippen LogP contribution in [0.5, 0.6) is 11.5 Å². The van der Waals surface area contributed by atoms with Crippen LogP contribution in [0.2, 0.25) is 5.15 Å². The minimum Gasteiger partial charge on any atom is -0.493 e. The van der Waals surface area contributed by atoms with Crippen molar-refractivity contribution < 1.29 is 18.7 Å². The third kappa shape index (κ3) is 5.54. The molecule has 4 aromatic rings. The molecule has 0 saturated heterocycles. The van der Waals surface area contributed by atoms with Gasteiger partial charge in [-0.1, -0.05) is 30.7 Å². The van der Waals surface area contributed by atoms with Crippen molar-refractivity contribution in [1.82, 2.24) is 9.88 Å². The molecule has 0 bridgehead atoms. The summed E-state index contributed by atoms with van der Waals surface area (Å²) in [6, 6.07) is 19.1. The first-order valence-corrected chi connectivity index (χ1v) is 11.6. The molecule has 0 fully saturated rings. The molecule has 3 aromatic carbocycles. The molecule has 7 heteroatoms. The molecular formula is C28H26ClFN2O3. The van der Waals surface area contributed by atoms with Crippen molar-refractivity contribution in [3.8, 4) is 11.5 Å². The number of carbonyl (C=O) groups is 1. The summed E-state index contributed by atoms with van der Waals surface area (Å²) in [7, 11) is 3.13. The van der Waals surface area contributed by atoms with E-state index in [1.165, 1.54) is 29.8 Å². The van der Waals surface area contributed by atoms with Gasteiger partial charge in [-0.3, -0.25) is 4.79 Å². The van der Waals surface area contributed by atoms with Crippen molar-refractivity contribution >= 4 is 28.4 Å². The molecule has 0 aliphatic heterocycles. The van der Waals surface area contributed by atoms with Crippen LogP contribution in [0, 0.1) is 5.82 Å². The fraction of sp³-hybridized carbons (Fsp3) is 0.214. The average Bonchev–Trinajstić information content (AvgIpc) is 2.88. The van der Waals surface area contributed by atoms with Crippen LogP contribution in [0.15, 0.2) is 66.7 Å². The fourth-order valence-corrected chi connectivity index (χ4v) is 4.16. The van der Waals surface area contributed by atoms with E-state index in [0.29, 0.717) is 22.2 Å². The van der Waals surface area contributed by atoms with Crippen LogP contribution in [0.1, 0.15) is 34.0 Å². The van der Waals surface area contributed by atoms with Gasteiger partial charge in [-0.15, -0.1) is 0 Å². The second kappa shape index (κ2) is 10.7. The Bertz CT molecular complexity index is 1360. The van der Waals surface area contributed by atoms with E-state index in [2.05, 4.69) is 18.0 Å². The molecule has 0 spiro atoms. The van der Waals surface area contributed by atoms with Crippen LogP contribution in [-0.2, 0) is 19.5 Å². The predicted molar refractivity (Wildman–Crippen MR) is 136 cm³/mol. The van der Waals surface area contributed by atoms with Crippen LogP contribution in [0.3, 0.4) is 0 Å². The summed E-state index contributed by atoms with van der Waals surface area (Å²) in [4.78, 5) is 19.7. The fourth-order valence-electron chi connectivity index (χ4n) is 3.96. The third-order valence-corrected chi connectivity index (χ3v) is 6.20. The number of amides is 1. The summed E-state index contributed by atoms with van der Waals surface area (Å²) in [5.74, 6) is 0.512. The first-order valence-electron chi connectivity index (χ1n) is 11.3. The van der Waals surface area contributed by atoms with Gasteiger partial charge in [-0.25, -0.2) is 9.37 Å². The predicted octanol–water partition coefficient (Wildman–Crippen LogP) is 6.45. The van der Waals surface area contributed by atoms with Crippen LogP contribution in [-0.4, -0.2) is 30.0 Å². The molecule has 5 nitrogen and oxygen atoms in total. The van der Waals surface area contributed by atoms with E-state index in [1.54, 1.807) is 25.2 Å². The molecule has 180 valence electrons. The summed E-state index contributed by atoms with van der Waals surface area (Å²) >= 11 is 6.55. The summed E-state index contributed by atoms with van der Waals surface area (Å²) in [5.41, 5.74) is 3.94. The van der Waals surface area contributed by atoms with Gasteiger partial charge >= 0.3 is 0 Å². The Morgan fingerprint density at radius 3 is 2.31 bits per heavy atom. The number of methoxy groups -OCH3 is 2. The zero-order chi connectivity index (χ0) is 24.9. The van der Waals surface area contributed by atoms with Gasteiger partial charge in [0.15, 0.2) is 11.5 Å². The van der Waals surface area contributed by atoms with E-state index >= 15 is 0 Å². The number of carbonyl (C=O) groups excluding carboxylic acids is 1. The van der Waals surface area contributed by atoms with Crippen molar-refractivity contribution in [2.45, 2.75) is 26.4 Å². The van der Waals surface area contributed by atoms with Crippen molar-refractivity contribution in [2.75, 3.05) is 14.2 Å². The van der Waals surface area contributed by atoms with E-state index in [-0.39, 0.29) is 19.0 Å². The van der Waals surface area contributed by atoms with Crippen molar-refractivity contribution in [2.24, 2.45) is 0 Å². The zero-order valence-electron chi connectivity index (χ0n) is 19.8. The highest BCUT2D eigenvalue weighted by Gasteiger charge is 2.20. The minimum absolute atomic E-state index is 0.225. The van der Waals surface area contributed by atoms with Crippen molar-refractivity contribution in [3.63, 3.8) is 0 Å². The summed E-state index contributed by atoms with van der Waals surface area (Å²) in [6.07, 6.45) is 0.905. The number of fused-ring (bicyclic) bond motifs is 1. The van der Waals surface area contributed by atoms with Crippen LogP contribution in [0.25, 0.3) is 10.9 Å². The van der Waals surface area contributed by atoms with Crippen LogP contribution in [0.4, 0.5) is 4.39 Å². The van der Waals surface area contributed by atoms with Crippen molar-refractivity contribution in [3.05, 3.63) is 100.0 Å². The molecule has 1 heterocycles. The number of ether oxygens (including phenoxy) is 2. The van der Waals surface area contributed by atoms with E-state index in [4.69, 9.17) is 21.1 Å². The lowest BCUT2D eigenvalue weighted by Gasteiger charge is -2.24. The second-order valence-electron chi connectivity index (χ2n) is 8.18. The Morgan fingerprint density at radius 2 is 1.63 bits per heavy atom. The number of nitrogens with zero attached hydrogens (tertiary/aromatic N) is 2. The molecule has 0 aliphatic rings. The molecule has 0 radical (unpaired) electrons. The van der Waals surface area contributed by atoms with Crippen LogP contribution < -0.4 is 9.47 Å². The van der Waals surface area contributed by atoms with E-state index in [1.807, 2.05) is 30.3 Å². The van der Waals surface area contributed by atoms with E-state index < -0.39 is 5.82 Å². The molecule has 0 saturated carbocycles. The molecule has 0 unspecified atom stereocenters. The maximum atomic E-state index is 13.5. The Hall–Kier alpha value is -3.64. The monoisotopic (exact) mass is 492 g/mol. The normalized spacial score (nSPS) is 10.9. The second-order valence-corrected chi connectivity index (χ2v) is 8.53. The standard InChI is InChI=1S/C28H26ClFN2O3/c1-4-18-5-11-24-21(13-18)15-22(27(29)31-24)17-32(28(33)20-7-9-23(30)10-8-20)16-19-6-12-25(34-2)26(14-19)35-3/h5-15H,4,16-17H2,1-3H3. The lowest BCUT2D eigenvalue weighted by Crippen LogP contribution is -2.30. The Kier molecular flexibility index (Phi) is 7.51. The maximum absolute atomic E-state index is 13.5. The first kappa shape index (κ1) is 24.5. The number of benzene rings is 3. The van der Waals surface area contributed by atoms with Crippen molar-refractivity contribution in [1.29, 1.82) is 0 Å². The minimum atomic E-state index is -0.401. The molecule has 0 atom stereocenters. The number of rotatable bonds is 8. The lowest BCUT2D eigenvalue weighted by molar-refractivity contribution is 0.0730. The average molecular weight is 493 g/mol. The number of aryl methyl sites for hydroxylation is 1. The Morgan fingerprint density at radius 1 is 0.914 bits per heavy atom. The highest BCUT2D eigenvalue weighted by atomic mass is 35.5. The lowest BCUT2D eigenvalue weighted by atomic mass is 10.1. The van der Waals surface area contributed by atoms with E-state index in [0.717, 1.165) is 28.5 Å². The first-order chi connectivity index (χ1) is 16.9. The molecule has 4 rings (SSSR count). The van der Waals surface area contributed by atoms with Gasteiger partial charge < -0.3 is 14.4 Å².